The molecule has 0 aromatic heterocycles. The molecule has 10 heteroatoms. The van der Waals surface area contributed by atoms with Crippen LogP contribution in [-0.2, 0) is 27.3 Å². The molecule has 38 heavy (non-hydrogen) atoms. The fourth-order valence-electron chi connectivity index (χ4n) is 4.24. The van der Waals surface area contributed by atoms with Crippen molar-refractivity contribution in [1.82, 2.24) is 15.5 Å². The molecule has 0 spiro atoms. The van der Waals surface area contributed by atoms with Crippen LogP contribution in [0.25, 0.3) is 0 Å². The van der Waals surface area contributed by atoms with Crippen LogP contribution in [-0.4, -0.2) is 62.3 Å². The Bertz CT molecular complexity index is 1140. The van der Waals surface area contributed by atoms with E-state index in [0.717, 1.165) is 11.1 Å². The number of aliphatic hydroxyl groups excluding tert-OH is 1. The molecule has 0 radical (unpaired) electrons. The number of amides is 3. The molecular weight excluding hydrogens is 526 g/mol. The predicted octanol–water partition coefficient (Wildman–Crippen LogP) is 4.13. The van der Waals surface area contributed by atoms with E-state index in [4.69, 9.17) is 16.3 Å². The minimum Gasteiger partial charge on any atom is -0.444 e. The van der Waals surface area contributed by atoms with Crippen molar-refractivity contribution in [3.63, 3.8) is 0 Å². The Morgan fingerprint density at radius 1 is 1.13 bits per heavy atom. The first-order chi connectivity index (χ1) is 17.8. The minimum atomic E-state index is -1.60. The van der Waals surface area contributed by atoms with Gasteiger partial charge in [0.05, 0.1) is 11.9 Å². The topological polar surface area (TPSA) is 108 Å². The summed E-state index contributed by atoms with van der Waals surface area (Å²) < 4.78 is 4.77. The van der Waals surface area contributed by atoms with Crippen molar-refractivity contribution in [2.45, 2.75) is 76.1 Å². The van der Waals surface area contributed by atoms with Gasteiger partial charge in [-0.25, -0.2) is 4.79 Å². The maximum absolute atomic E-state index is 13.6. The Labute approximate surface area is 233 Å². The number of thioether (sulfide) groups is 1. The fraction of sp³-hybridized carbons (Fsp3) is 0.464. The summed E-state index contributed by atoms with van der Waals surface area (Å²) in [6.45, 7) is 9.17. The van der Waals surface area contributed by atoms with Crippen molar-refractivity contribution < 1.29 is 24.2 Å². The third kappa shape index (κ3) is 7.88. The first-order valence-corrected chi connectivity index (χ1v) is 13.8. The molecule has 1 aliphatic rings. The highest BCUT2D eigenvalue weighted by atomic mass is 35.5. The second-order valence-corrected chi connectivity index (χ2v) is 12.8. The summed E-state index contributed by atoms with van der Waals surface area (Å²) in [6, 6.07) is 14.6. The fourth-order valence-corrected chi connectivity index (χ4v) is 5.59. The van der Waals surface area contributed by atoms with Gasteiger partial charge < -0.3 is 25.4 Å². The molecule has 0 aliphatic carbocycles. The van der Waals surface area contributed by atoms with Crippen molar-refractivity contribution in [1.29, 1.82) is 0 Å². The smallest absolute Gasteiger partial charge is 0.407 e. The van der Waals surface area contributed by atoms with Gasteiger partial charge in [-0.2, -0.15) is 0 Å². The summed E-state index contributed by atoms with van der Waals surface area (Å²) in [5, 5.41) is 17.3. The maximum Gasteiger partial charge on any atom is 0.407 e. The van der Waals surface area contributed by atoms with Crippen LogP contribution in [0, 0.1) is 0 Å². The average molecular weight is 562 g/mol. The molecule has 3 rings (SSSR count). The molecule has 2 aromatic carbocycles. The van der Waals surface area contributed by atoms with E-state index >= 15 is 0 Å². The van der Waals surface area contributed by atoms with Crippen molar-refractivity contribution in [3.05, 3.63) is 70.7 Å². The van der Waals surface area contributed by atoms with Crippen LogP contribution in [0.3, 0.4) is 0 Å². The number of nitrogens with zero attached hydrogens (tertiary/aromatic N) is 1. The molecule has 1 saturated heterocycles. The molecule has 1 unspecified atom stereocenters. The van der Waals surface area contributed by atoms with Crippen LogP contribution in [0.2, 0.25) is 5.02 Å². The van der Waals surface area contributed by atoms with E-state index in [0.29, 0.717) is 5.02 Å². The number of ether oxygens (including phenoxy) is 1. The maximum atomic E-state index is 13.6. The monoisotopic (exact) mass is 561 g/mol. The SMILES string of the molecule is CC(C)(C)OC(=O)N[C@@H](Cc1ccccc1)[C@H](O)C(=O)N1CSC(C)(C)C1C(=O)NCc1ccccc1Cl. The Morgan fingerprint density at radius 2 is 1.76 bits per heavy atom. The van der Waals surface area contributed by atoms with E-state index in [1.54, 1.807) is 26.8 Å². The van der Waals surface area contributed by atoms with Gasteiger partial charge in [0.2, 0.25) is 5.91 Å². The summed E-state index contributed by atoms with van der Waals surface area (Å²) in [6.07, 6.45) is -2.15. The van der Waals surface area contributed by atoms with Crippen LogP contribution in [0.4, 0.5) is 4.79 Å². The van der Waals surface area contributed by atoms with Crippen LogP contribution in [0.1, 0.15) is 45.7 Å². The number of hydrogen-bond donors (Lipinski definition) is 3. The zero-order valence-electron chi connectivity index (χ0n) is 22.4. The molecule has 1 heterocycles. The zero-order valence-corrected chi connectivity index (χ0v) is 23.9. The summed E-state index contributed by atoms with van der Waals surface area (Å²) in [5.74, 6) is -0.768. The van der Waals surface area contributed by atoms with E-state index in [1.165, 1.54) is 16.7 Å². The number of carbonyl (C=O) groups is 3. The first-order valence-electron chi connectivity index (χ1n) is 12.5. The van der Waals surface area contributed by atoms with E-state index in [1.807, 2.05) is 62.4 Å². The lowest BCUT2D eigenvalue weighted by Crippen LogP contribution is -2.58. The standard InChI is InChI=1S/C28H36ClN3O5S/c1-27(2,3)37-26(36)31-21(15-18-11-7-6-8-12-18)22(33)25(35)32-17-38-28(4,5)23(32)24(34)30-16-19-13-9-10-14-20(19)29/h6-14,21-23,33H,15-17H2,1-5H3,(H,30,34)(H,31,36)/t21-,22-,23?/m0/s1. The Hall–Kier alpha value is -2.75. The Kier molecular flexibility index (Phi) is 9.73. The van der Waals surface area contributed by atoms with Crippen LogP contribution >= 0.6 is 23.4 Å². The third-order valence-electron chi connectivity index (χ3n) is 6.12. The molecule has 3 N–H and O–H groups in total. The molecule has 3 amide bonds. The van der Waals surface area contributed by atoms with Crippen molar-refractivity contribution >= 4 is 41.3 Å². The molecule has 1 fully saturated rings. The molecule has 0 bridgehead atoms. The van der Waals surface area contributed by atoms with Gasteiger partial charge in [-0.05, 0) is 58.2 Å². The minimum absolute atomic E-state index is 0.195. The lowest BCUT2D eigenvalue weighted by atomic mass is 9.97. The molecule has 206 valence electrons. The van der Waals surface area contributed by atoms with Gasteiger partial charge in [-0.1, -0.05) is 60.1 Å². The number of rotatable bonds is 8. The highest BCUT2D eigenvalue weighted by Gasteiger charge is 2.49. The van der Waals surface area contributed by atoms with Crippen molar-refractivity contribution in [2.75, 3.05) is 5.88 Å². The van der Waals surface area contributed by atoms with Gasteiger partial charge >= 0.3 is 6.09 Å². The zero-order chi connectivity index (χ0) is 28.1. The molecule has 2 aromatic rings. The number of carbonyl (C=O) groups excluding carboxylic acids is 3. The molecule has 3 atom stereocenters. The normalized spacial score (nSPS) is 18.4. The van der Waals surface area contributed by atoms with Gasteiger partial charge in [-0.3, -0.25) is 9.59 Å². The third-order valence-corrected chi connectivity index (χ3v) is 7.87. The predicted molar refractivity (Wildman–Crippen MR) is 150 cm³/mol. The number of halogens is 1. The first kappa shape index (κ1) is 29.8. The summed E-state index contributed by atoms with van der Waals surface area (Å²) >= 11 is 7.68. The van der Waals surface area contributed by atoms with Crippen LogP contribution in [0.5, 0.6) is 0 Å². The van der Waals surface area contributed by atoms with Crippen molar-refractivity contribution in [2.24, 2.45) is 0 Å². The van der Waals surface area contributed by atoms with E-state index in [2.05, 4.69) is 10.6 Å². The Morgan fingerprint density at radius 3 is 2.39 bits per heavy atom. The van der Waals surface area contributed by atoms with Gasteiger partial charge in [0.1, 0.15) is 11.6 Å². The summed E-state index contributed by atoms with van der Waals surface area (Å²) in [7, 11) is 0. The lowest BCUT2D eigenvalue weighted by Gasteiger charge is -2.33. The van der Waals surface area contributed by atoms with Gasteiger partial charge in [0, 0.05) is 16.3 Å². The number of aliphatic hydroxyl groups is 1. The van der Waals surface area contributed by atoms with Crippen LogP contribution < -0.4 is 10.6 Å². The molecule has 0 saturated carbocycles. The lowest BCUT2D eigenvalue weighted by molar-refractivity contribution is -0.147. The quantitative estimate of drug-likeness (QED) is 0.447. The number of nitrogens with one attached hydrogen (secondary N) is 2. The summed E-state index contributed by atoms with van der Waals surface area (Å²) in [4.78, 5) is 41.0. The number of alkyl carbamates (subject to hydrolysis) is 1. The Balaban J connectivity index is 1.79. The van der Waals surface area contributed by atoms with Crippen molar-refractivity contribution in [3.8, 4) is 0 Å². The molecule has 8 nitrogen and oxygen atoms in total. The molecular formula is C28H36ClN3O5S. The average Bonchev–Trinajstić information content (AvgIpc) is 3.16. The number of hydrogen-bond acceptors (Lipinski definition) is 6. The highest BCUT2D eigenvalue weighted by Crippen LogP contribution is 2.40. The van der Waals surface area contributed by atoms with Gasteiger partial charge in [0.15, 0.2) is 6.10 Å². The summed E-state index contributed by atoms with van der Waals surface area (Å²) in [5.41, 5.74) is 0.829. The second kappa shape index (κ2) is 12.4. The van der Waals surface area contributed by atoms with E-state index < -0.39 is 40.5 Å². The molecule has 1 aliphatic heterocycles. The van der Waals surface area contributed by atoms with Crippen LogP contribution in [0.15, 0.2) is 54.6 Å². The van der Waals surface area contributed by atoms with Gasteiger partial charge in [0.25, 0.3) is 5.91 Å². The number of benzene rings is 2. The highest BCUT2D eigenvalue weighted by molar-refractivity contribution is 8.00. The van der Waals surface area contributed by atoms with E-state index in [-0.39, 0.29) is 24.7 Å². The largest absolute Gasteiger partial charge is 0.444 e. The second-order valence-electron chi connectivity index (χ2n) is 10.8. The van der Waals surface area contributed by atoms with E-state index in [9.17, 15) is 19.5 Å². The van der Waals surface area contributed by atoms with Gasteiger partial charge in [-0.15, -0.1) is 11.8 Å².